The van der Waals surface area contributed by atoms with Crippen molar-refractivity contribution in [3.63, 3.8) is 0 Å². The van der Waals surface area contributed by atoms with Crippen molar-refractivity contribution in [2.45, 2.75) is 12.5 Å². The number of hydrogen-bond acceptors (Lipinski definition) is 2. The van der Waals surface area contributed by atoms with Crippen LogP contribution in [0.25, 0.3) is 0 Å². The van der Waals surface area contributed by atoms with Crippen LogP contribution in [0.2, 0.25) is 10.0 Å². The van der Waals surface area contributed by atoms with Crippen LogP contribution in [0, 0.1) is 0 Å². The Bertz CT molecular complexity index is 381. The molecule has 1 unspecified atom stereocenters. The molecule has 0 aromatic heterocycles. The van der Waals surface area contributed by atoms with E-state index >= 15 is 0 Å². The van der Waals surface area contributed by atoms with E-state index in [0.717, 1.165) is 5.56 Å². The quantitative estimate of drug-likeness (QED) is 0.798. The third kappa shape index (κ3) is 2.98. The summed E-state index contributed by atoms with van der Waals surface area (Å²) >= 11 is 11.8. The maximum atomic E-state index is 9.45. The SMILES string of the molecule is C=CCNC(C)(CO)c1ccc(Cl)c(Cl)c1. The van der Waals surface area contributed by atoms with Gasteiger partial charge in [-0.25, -0.2) is 0 Å². The third-order valence-corrected chi connectivity index (χ3v) is 3.25. The zero-order valence-electron chi connectivity index (χ0n) is 9.13. The smallest absolute Gasteiger partial charge is 0.0652 e. The van der Waals surface area contributed by atoms with E-state index in [1.54, 1.807) is 18.2 Å². The van der Waals surface area contributed by atoms with Crippen molar-refractivity contribution in [3.05, 3.63) is 46.5 Å². The van der Waals surface area contributed by atoms with Crippen LogP contribution < -0.4 is 5.32 Å². The molecule has 1 rings (SSSR count). The number of halogens is 2. The van der Waals surface area contributed by atoms with Crippen molar-refractivity contribution >= 4 is 23.2 Å². The van der Waals surface area contributed by atoms with Crippen LogP contribution in [0.15, 0.2) is 30.9 Å². The molecule has 2 N–H and O–H groups in total. The van der Waals surface area contributed by atoms with Crippen LogP contribution >= 0.6 is 23.2 Å². The molecular formula is C12H15Cl2NO. The van der Waals surface area contributed by atoms with Gasteiger partial charge in [0.05, 0.1) is 22.2 Å². The zero-order chi connectivity index (χ0) is 12.2. The van der Waals surface area contributed by atoms with Gasteiger partial charge in [-0.2, -0.15) is 0 Å². The fraction of sp³-hybridized carbons (Fsp3) is 0.333. The van der Waals surface area contributed by atoms with Crippen LogP contribution in [-0.4, -0.2) is 18.3 Å². The summed E-state index contributed by atoms with van der Waals surface area (Å²) in [6.07, 6.45) is 1.74. The van der Waals surface area contributed by atoms with E-state index in [-0.39, 0.29) is 6.61 Å². The van der Waals surface area contributed by atoms with Gasteiger partial charge >= 0.3 is 0 Å². The minimum atomic E-state index is -0.539. The van der Waals surface area contributed by atoms with Crippen molar-refractivity contribution < 1.29 is 5.11 Å². The first-order valence-corrected chi connectivity index (χ1v) is 5.71. The van der Waals surface area contributed by atoms with Crippen molar-refractivity contribution in [2.75, 3.05) is 13.2 Å². The number of hydrogen-bond donors (Lipinski definition) is 2. The maximum absolute atomic E-state index is 9.45. The van der Waals surface area contributed by atoms with Gasteiger partial charge in [0.1, 0.15) is 0 Å². The van der Waals surface area contributed by atoms with E-state index in [0.29, 0.717) is 16.6 Å². The fourth-order valence-electron chi connectivity index (χ4n) is 1.39. The number of nitrogens with one attached hydrogen (secondary N) is 1. The van der Waals surface area contributed by atoms with Crippen molar-refractivity contribution in [3.8, 4) is 0 Å². The normalized spacial score (nSPS) is 14.5. The predicted octanol–water partition coefficient (Wildman–Crippen LogP) is 2.98. The first-order chi connectivity index (χ1) is 7.53. The number of aliphatic hydroxyl groups excluding tert-OH is 1. The highest BCUT2D eigenvalue weighted by molar-refractivity contribution is 6.42. The summed E-state index contributed by atoms with van der Waals surface area (Å²) < 4.78 is 0. The van der Waals surface area contributed by atoms with Gasteiger partial charge in [0.15, 0.2) is 0 Å². The van der Waals surface area contributed by atoms with E-state index in [2.05, 4.69) is 11.9 Å². The van der Waals surface area contributed by atoms with E-state index in [1.807, 2.05) is 13.0 Å². The van der Waals surface area contributed by atoms with Crippen molar-refractivity contribution in [1.29, 1.82) is 0 Å². The second kappa shape index (κ2) is 5.69. The fourth-order valence-corrected chi connectivity index (χ4v) is 1.68. The molecule has 0 bridgehead atoms. The van der Waals surface area contributed by atoms with E-state index in [1.165, 1.54) is 0 Å². The largest absolute Gasteiger partial charge is 0.394 e. The first-order valence-electron chi connectivity index (χ1n) is 4.96. The molecule has 0 spiro atoms. The molecule has 0 saturated carbocycles. The zero-order valence-corrected chi connectivity index (χ0v) is 10.6. The Labute approximate surface area is 106 Å². The number of rotatable bonds is 5. The molecule has 16 heavy (non-hydrogen) atoms. The molecule has 0 aliphatic carbocycles. The molecule has 2 nitrogen and oxygen atoms in total. The van der Waals surface area contributed by atoms with Gasteiger partial charge in [-0.1, -0.05) is 35.3 Å². The lowest BCUT2D eigenvalue weighted by atomic mass is 9.93. The lowest BCUT2D eigenvalue weighted by Gasteiger charge is -2.29. The van der Waals surface area contributed by atoms with Crippen LogP contribution in [0.1, 0.15) is 12.5 Å². The van der Waals surface area contributed by atoms with Gasteiger partial charge in [-0.05, 0) is 24.6 Å². The Kier molecular flexibility index (Phi) is 4.81. The first kappa shape index (κ1) is 13.5. The molecule has 0 amide bonds. The molecule has 0 heterocycles. The summed E-state index contributed by atoms with van der Waals surface area (Å²) in [5.41, 5.74) is 0.355. The highest BCUT2D eigenvalue weighted by Gasteiger charge is 2.25. The van der Waals surface area contributed by atoms with Gasteiger partial charge in [0, 0.05) is 6.54 Å². The summed E-state index contributed by atoms with van der Waals surface area (Å²) in [7, 11) is 0. The highest BCUT2D eigenvalue weighted by atomic mass is 35.5. The molecule has 1 atom stereocenters. The average Bonchev–Trinajstić information content (AvgIpc) is 2.29. The molecule has 1 aromatic carbocycles. The molecular weight excluding hydrogens is 245 g/mol. The molecule has 88 valence electrons. The standard InChI is InChI=1S/C12H15Cl2NO/c1-3-6-15-12(2,8-16)9-4-5-10(13)11(14)7-9/h3-5,7,15-16H,1,6,8H2,2H3. The number of benzene rings is 1. The third-order valence-electron chi connectivity index (χ3n) is 2.51. The van der Waals surface area contributed by atoms with E-state index in [9.17, 15) is 5.11 Å². The Morgan fingerprint density at radius 3 is 2.62 bits per heavy atom. The molecule has 0 aliphatic heterocycles. The number of aliphatic hydroxyl groups is 1. The van der Waals surface area contributed by atoms with Crippen molar-refractivity contribution in [2.24, 2.45) is 0 Å². The Morgan fingerprint density at radius 1 is 1.44 bits per heavy atom. The van der Waals surface area contributed by atoms with Crippen LogP contribution in [-0.2, 0) is 5.54 Å². The second-order valence-corrected chi connectivity index (χ2v) is 4.60. The summed E-state index contributed by atoms with van der Waals surface area (Å²) in [5.74, 6) is 0. The lowest BCUT2D eigenvalue weighted by molar-refractivity contribution is 0.179. The predicted molar refractivity (Wildman–Crippen MR) is 69.1 cm³/mol. The monoisotopic (exact) mass is 259 g/mol. The van der Waals surface area contributed by atoms with Gasteiger partial charge in [-0.15, -0.1) is 6.58 Å². The van der Waals surface area contributed by atoms with E-state index < -0.39 is 5.54 Å². The Balaban J connectivity index is 3.02. The Hall–Kier alpha value is -0.540. The molecule has 1 aromatic rings. The topological polar surface area (TPSA) is 32.3 Å². The van der Waals surface area contributed by atoms with Gasteiger partial charge in [0.25, 0.3) is 0 Å². The van der Waals surface area contributed by atoms with Crippen molar-refractivity contribution in [1.82, 2.24) is 5.32 Å². The van der Waals surface area contributed by atoms with Gasteiger partial charge in [0.2, 0.25) is 0 Å². The summed E-state index contributed by atoms with van der Waals surface area (Å²) in [4.78, 5) is 0. The van der Waals surface area contributed by atoms with Crippen LogP contribution in [0.5, 0.6) is 0 Å². The highest BCUT2D eigenvalue weighted by Crippen LogP contribution is 2.28. The van der Waals surface area contributed by atoms with Crippen LogP contribution in [0.4, 0.5) is 0 Å². The molecule has 0 fully saturated rings. The maximum Gasteiger partial charge on any atom is 0.0652 e. The summed E-state index contributed by atoms with van der Waals surface area (Å²) in [6.45, 7) is 6.11. The summed E-state index contributed by atoms with van der Waals surface area (Å²) in [5, 5.41) is 13.6. The minimum Gasteiger partial charge on any atom is -0.394 e. The average molecular weight is 260 g/mol. The Morgan fingerprint density at radius 2 is 2.12 bits per heavy atom. The molecule has 4 heteroatoms. The molecule has 0 radical (unpaired) electrons. The van der Waals surface area contributed by atoms with Gasteiger partial charge < -0.3 is 10.4 Å². The van der Waals surface area contributed by atoms with Crippen LogP contribution in [0.3, 0.4) is 0 Å². The molecule has 0 saturated heterocycles. The van der Waals surface area contributed by atoms with Gasteiger partial charge in [-0.3, -0.25) is 0 Å². The lowest BCUT2D eigenvalue weighted by Crippen LogP contribution is -2.42. The summed E-state index contributed by atoms with van der Waals surface area (Å²) in [6, 6.07) is 5.33. The second-order valence-electron chi connectivity index (χ2n) is 3.79. The molecule has 0 aliphatic rings. The van der Waals surface area contributed by atoms with E-state index in [4.69, 9.17) is 23.2 Å². The minimum absolute atomic E-state index is 0.0290.